The van der Waals surface area contributed by atoms with E-state index in [9.17, 15) is 13.2 Å². The van der Waals surface area contributed by atoms with E-state index in [0.29, 0.717) is 48.3 Å². The molecule has 1 aliphatic carbocycles. The molecule has 6 nitrogen and oxygen atoms in total. The Morgan fingerprint density at radius 3 is 2.39 bits per heavy atom. The largest absolute Gasteiger partial charge is 0.355 e. The topological polar surface area (TPSA) is 78.8 Å². The number of amides is 1. The van der Waals surface area contributed by atoms with E-state index >= 15 is 0 Å². The first kappa shape index (κ1) is 20.5. The molecule has 0 spiro atoms. The molecule has 2 aromatic carbocycles. The minimum atomic E-state index is -3.63. The van der Waals surface area contributed by atoms with Crippen molar-refractivity contribution >= 4 is 33.4 Å². The van der Waals surface area contributed by atoms with Gasteiger partial charge in [-0.2, -0.15) is 8.42 Å². The monoisotopic (exact) mass is 457 g/mol. The number of rotatable bonds is 4. The standard InChI is InChI=1S/C23H24ClN3O3S/c24-18-9-7-16(8-10-18)21(15-5-6-15)25-23(28)17-11-13-27(14-12-17)22-19-3-1-2-4-20(19)31(29,30)26-22/h1-4,7-10,15,17,21H,5-6,11-14H2,(H,25,28). The third-order valence-corrected chi connectivity index (χ3v) is 7.98. The van der Waals surface area contributed by atoms with Gasteiger partial charge in [0, 0.05) is 29.6 Å². The van der Waals surface area contributed by atoms with Gasteiger partial charge in [0.05, 0.1) is 6.04 Å². The van der Waals surface area contributed by atoms with Gasteiger partial charge in [-0.3, -0.25) is 4.79 Å². The second-order valence-corrected chi connectivity index (χ2v) is 10.5. The fraction of sp³-hybridized carbons (Fsp3) is 0.391. The first-order chi connectivity index (χ1) is 14.9. The third-order valence-electron chi connectivity index (χ3n) is 6.40. The molecule has 2 aliphatic heterocycles. The smallest absolute Gasteiger partial charge is 0.285 e. The Morgan fingerprint density at radius 1 is 1.03 bits per heavy atom. The van der Waals surface area contributed by atoms with Crippen LogP contribution in [0.4, 0.5) is 0 Å². The van der Waals surface area contributed by atoms with Gasteiger partial charge in [-0.25, -0.2) is 0 Å². The number of amidine groups is 1. The van der Waals surface area contributed by atoms with Gasteiger partial charge in [-0.1, -0.05) is 35.9 Å². The van der Waals surface area contributed by atoms with Crippen LogP contribution in [-0.4, -0.2) is 38.2 Å². The highest BCUT2D eigenvalue weighted by molar-refractivity contribution is 7.90. The summed E-state index contributed by atoms with van der Waals surface area (Å²) in [6, 6.07) is 14.7. The molecule has 8 heteroatoms. The molecule has 5 rings (SSSR count). The molecule has 31 heavy (non-hydrogen) atoms. The molecule has 2 heterocycles. The molecule has 1 atom stereocenters. The lowest BCUT2D eigenvalue weighted by Gasteiger charge is -2.33. The van der Waals surface area contributed by atoms with E-state index in [0.717, 1.165) is 18.4 Å². The molecule has 0 aromatic heterocycles. The molecule has 0 bridgehead atoms. The van der Waals surface area contributed by atoms with Crippen molar-refractivity contribution in [3.8, 4) is 0 Å². The van der Waals surface area contributed by atoms with Crippen LogP contribution in [0.1, 0.15) is 42.9 Å². The summed E-state index contributed by atoms with van der Waals surface area (Å²) in [5.41, 5.74) is 1.75. The summed E-state index contributed by atoms with van der Waals surface area (Å²) in [5.74, 6) is 0.984. The second-order valence-electron chi connectivity index (χ2n) is 8.52. The van der Waals surface area contributed by atoms with Crippen LogP contribution in [-0.2, 0) is 14.8 Å². The zero-order valence-electron chi connectivity index (χ0n) is 17.0. The lowest BCUT2D eigenvalue weighted by molar-refractivity contribution is -0.127. The minimum absolute atomic E-state index is 0.0269. The molecule has 1 saturated heterocycles. The molecule has 2 fully saturated rings. The van der Waals surface area contributed by atoms with Gasteiger partial charge in [0.15, 0.2) is 5.84 Å². The van der Waals surface area contributed by atoms with Gasteiger partial charge < -0.3 is 10.2 Å². The van der Waals surface area contributed by atoms with Gasteiger partial charge in [-0.05, 0) is 61.4 Å². The molecule has 2 aromatic rings. The van der Waals surface area contributed by atoms with E-state index in [1.165, 1.54) is 0 Å². The average molecular weight is 458 g/mol. The normalized spacial score (nSPS) is 21.3. The highest BCUT2D eigenvalue weighted by Crippen LogP contribution is 2.41. The predicted molar refractivity (Wildman–Crippen MR) is 120 cm³/mol. The number of carbonyl (C=O) groups excluding carboxylic acids is 1. The van der Waals surface area contributed by atoms with Crippen molar-refractivity contribution in [3.05, 3.63) is 64.7 Å². The van der Waals surface area contributed by atoms with Crippen molar-refractivity contribution in [3.63, 3.8) is 0 Å². The number of likely N-dealkylation sites (tertiary alicyclic amines) is 1. The van der Waals surface area contributed by atoms with Gasteiger partial charge in [0.1, 0.15) is 4.90 Å². The first-order valence-electron chi connectivity index (χ1n) is 10.7. The summed E-state index contributed by atoms with van der Waals surface area (Å²) in [5, 5.41) is 3.96. The molecular weight excluding hydrogens is 434 g/mol. The zero-order valence-corrected chi connectivity index (χ0v) is 18.6. The molecule has 3 aliphatic rings. The number of sulfonamides is 1. The minimum Gasteiger partial charge on any atom is -0.355 e. The van der Waals surface area contributed by atoms with E-state index in [2.05, 4.69) is 9.71 Å². The molecule has 0 radical (unpaired) electrons. The fourth-order valence-corrected chi connectivity index (χ4v) is 5.87. The summed E-state index contributed by atoms with van der Waals surface area (Å²) in [7, 11) is -3.63. The SMILES string of the molecule is O=C(NC(c1ccc(Cl)cc1)C1CC1)C1CCN(C2=NS(=O)(=O)c3ccccc32)CC1. The number of nitrogens with one attached hydrogen (secondary N) is 1. The lowest BCUT2D eigenvalue weighted by atomic mass is 9.93. The van der Waals surface area contributed by atoms with Gasteiger partial charge in [-0.15, -0.1) is 4.40 Å². The molecule has 162 valence electrons. The second kappa shape index (κ2) is 7.95. The summed E-state index contributed by atoms with van der Waals surface area (Å²) >= 11 is 6.02. The van der Waals surface area contributed by atoms with Gasteiger partial charge >= 0.3 is 0 Å². The Morgan fingerprint density at radius 2 is 1.71 bits per heavy atom. The van der Waals surface area contributed by atoms with Gasteiger partial charge in [0.2, 0.25) is 5.91 Å². The van der Waals surface area contributed by atoms with Crippen molar-refractivity contribution in [1.29, 1.82) is 0 Å². The highest BCUT2D eigenvalue weighted by atomic mass is 35.5. The van der Waals surface area contributed by atoms with Crippen molar-refractivity contribution in [2.24, 2.45) is 16.2 Å². The quantitative estimate of drug-likeness (QED) is 0.758. The summed E-state index contributed by atoms with van der Waals surface area (Å²) in [4.78, 5) is 15.3. The van der Waals surface area contributed by atoms with E-state index < -0.39 is 10.0 Å². The molecular formula is C23H24ClN3O3S. The lowest BCUT2D eigenvalue weighted by Crippen LogP contribution is -2.44. The van der Waals surface area contributed by atoms with Crippen molar-refractivity contribution in [1.82, 2.24) is 10.2 Å². The number of nitrogens with zero attached hydrogens (tertiary/aromatic N) is 2. The maximum atomic E-state index is 13.0. The van der Waals surface area contributed by atoms with Gasteiger partial charge in [0.25, 0.3) is 10.0 Å². The Balaban J connectivity index is 1.25. The Labute approximate surface area is 187 Å². The number of hydrogen-bond donors (Lipinski definition) is 1. The van der Waals surface area contributed by atoms with Crippen LogP contribution in [0, 0.1) is 11.8 Å². The summed E-state index contributed by atoms with van der Waals surface area (Å²) < 4.78 is 28.7. The average Bonchev–Trinajstić information content (AvgIpc) is 3.58. The molecule has 1 saturated carbocycles. The van der Waals surface area contributed by atoms with E-state index in [4.69, 9.17) is 11.6 Å². The zero-order chi connectivity index (χ0) is 21.6. The van der Waals surface area contributed by atoms with Crippen LogP contribution in [0.25, 0.3) is 0 Å². The third kappa shape index (κ3) is 4.08. The number of carbonyl (C=O) groups is 1. The number of halogens is 1. The Bertz CT molecular complexity index is 1130. The Hall–Kier alpha value is -2.38. The van der Waals surface area contributed by atoms with Crippen LogP contribution in [0.5, 0.6) is 0 Å². The predicted octanol–water partition coefficient (Wildman–Crippen LogP) is 3.77. The molecule has 1 unspecified atom stereocenters. The highest BCUT2D eigenvalue weighted by Gasteiger charge is 2.37. The number of hydrogen-bond acceptors (Lipinski definition) is 4. The molecule has 1 N–H and O–H groups in total. The fourth-order valence-electron chi connectivity index (χ4n) is 4.51. The van der Waals surface area contributed by atoms with E-state index in [-0.39, 0.29) is 22.8 Å². The van der Waals surface area contributed by atoms with Crippen LogP contribution in [0.15, 0.2) is 57.8 Å². The maximum absolute atomic E-state index is 13.0. The Kier molecular flexibility index (Phi) is 5.26. The summed E-state index contributed by atoms with van der Waals surface area (Å²) in [6.07, 6.45) is 3.59. The van der Waals surface area contributed by atoms with Crippen LogP contribution in [0.2, 0.25) is 5.02 Å². The maximum Gasteiger partial charge on any atom is 0.285 e. The van der Waals surface area contributed by atoms with Crippen molar-refractivity contribution in [2.75, 3.05) is 13.1 Å². The van der Waals surface area contributed by atoms with Crippen LogP contribution in [0.3, 0.4) is 0 Å². The van der Waals surface area contributed by atoms with Crippen LogP contribution < -0.4 is 5.32 Å². The van der Waals surface area contributed by atoms with Crippen molar-refractivity contribution < 1.29 is 13.2 Å². The number of piperidine rings is 1. The number of fused-ring (bicyclic) bond motifs is 1. The van der Waals surface area contributed by atoms with Crippen molar-refractivity contribution in [2.45, 2.75) is 36.6 Å². The summed E-state index contributed by atoms with van der Waals surface area (Å²) in [6.45, 7) is 1.21. The number of benzene rings is 2. The first-order valence-corrected chi connectivity index (χ1v) is 12.5. The molecule has 1 amide bonds. The van der Waals surface area contributed by atoms with Crippen LogP contribution >= 0.6 is 11.6 Å². The van der Waals surface area contributed by atoms with E-state index in [1.807, 2.05) is 35.2 Å². The van der Waals surface area contributed by atoms with E-state index in [1.54, 1.807) is 18.2 Å².